The molecular weight excluding hydrogens is 424 g/mol. The van der Waals surface area contributed by atoms with Crippen molar-refractivity contribution in [3.05, 3.63) is 71.3 Å². The largest absolute Gasteiger partial charge is 0.388 e. The fraction of sp³-hybridized carbons (Fsp3) is 0.286. The van der Waals surface area contributed by atoms with E-state index in [9.17, 15) is 13.6 Å². The first kappa shape index (κ1) is 22.7. The zero-order valence-corrected chi connectivity index (χ0v) is 18.0. The summed E-state index contributed by atoms with van der Waals surface area (Å²) in [6.07, 6.45) is 1.17. The van der Waals surface area contributed by atoms with Crippen LogP contribution in [-0.4, -0.2) is 41.1 Å². The topological polar surface area (TPSA) is 95.0 Å². The van der Waals surface area contributed by atoms with E-state index in [0.29, 0.717) is 19.3 Å². The van der Waals surface area contributed by atoms with E-state index in [1.165, 1.54) is 19.2 Å². The van der Waals surface area contributed by atoms with Gasteiger partial charge in [0.1, 0.15) is 21.5 Å². The molecule has 0 spiro atoms. The SMILES string of the molecule is CON(C)C(=O)N1N=C(c2cc(F)ccc2F)SC1(CCCC(=N)N)c1ccccc1. The van der Waals surface area contributed by atoms with Crippen molar-refractivity contribution in [2.75, 3.05) is 14.2 Å². The molecule has 2 aromatic rings. The molecule has 0 bridgehead atoms. The number of urea groups is 1. The van der Waals surface area contributed by atoms with Crippen LogP contribution in [0.25, 0.3) is 0 Å². The average Bonchev–Trinajstić information content (AvgIpc) is 3.15. The summed E-state index contributed by atoms with van der Waals surface area (Å²) in [6.45, 7) is 0. The zero-order valence-electron chi connectivity index (χ0n) is 17.1. The molecule has 0 aromatic heterocycles. The number of hydroxylamine groups is 2. The van der Waals surface area contributed by atoms with E-state index >= 15 is 0 Å². The molecule has 7 nitrogen and oxygen atoms in total. The molecule has 0 fully saturated rings. The lowest BCUT2D eigenvalue weighted by Gasteiger charge is -2.37. The Labute approximate surface area is 183 Å². The minimum absolute atomic E-state index is 0.0235. The number of hydrogen-bond donors (Lipinski definition) is 2. The summed E-state index contributed by atoms with van der Waals surface area (Å²) in [5.41, 5.74) is 6.24. The lowest BCUT2D eigenvalue weighted by molar-refractivity contribution is -0.0805. The Morgan fingerprint density at radius 3 is 2.65 bits per heavy atom. The van der Waals surface area contributed by atoms with Crippen LogP contribution in [0, 0.1) is 17.0 Å². The molecule has 10 heteroatoms. The predicted octanol–water partition coefficient (Wildman–Crippen LogP) is 4.25. The molecular formula is C21H23F2N5O2S. The third kappa shape index (κ3) is 4.70. The summed E-state index contributed by atoms with van der Waals surface area (Å²) >= 11 is 1.16. The first-order valence-corrected chi connectivity index (χ1v) is 10.3. The summed E-state index contributed by atoms with van der Waals surface area (Å²) < 4.78 is 28.4. The fourth-order valence-electron chi connectivity index (χ4n) is 3.27. The summed E-state index contributed by atoms with van der Waals surface area (Å²) in [5, 5.41) is 14.4. The van der Waals surface area contributed by atoms with Crippen molar-refractivity contribution in [1.29, 1.82) is 5.41 Å². The lowest BCUT2D eigenvalue weighted by Crippen LogP contribution is -2.46. The van der Waals surface area contributed by atoms with Crippen LogP contribution >= 0.6 is 11.8 Å². The van der Waals surface area contributed by atoms with Gasteiger partial charge in [0, 0.05) is 19.0 Å². The van der Waals surface area contributed by atoms with Crippen LogP contribution in [0.2, 0.25) is 0 Å². The number of amidine groups is 1. The number of nitrogens with one attached hydrogen (secondary N) is 1. The van der Waals surface area contributed by atoms with Gasteiger partial charge in [0.2, 0.25) is 0 Å². The first-order valence-electron chi connectivity index (χ1n) is 9.52. The van der Waals surface area contributed by atoms with Gasteiger partial charge in [0.25, 0.3) is 0 Å². The van der Waals surface area contributed by atoms with E-state index in [1.807, 2.05) is 30.3 Å². The molecule has 1 unspecified atom stereocenters. The van der Waals surface area contributed by atoms with E-state index in [1.54, 1.807) is 0 Å². The molecule has 2 amide bonds. The number of amides is 2. The highest BCUT2D eigenvalue weighted by Crippen LogP contribution is 2.51. The second kappa shape index (κ2) is 9.44. The van der Waals surface area contributed by atoms with E-state index in [-0.39, 0.29) is 16.4 Å². The second-order valence-corrected chi connectivity index (χ2v) is 8.20. The van der Waals surface area contributed by atoms with Crippen LogP contribution in [0.15, 0.2) is 53.6 Å². The molecule has 3 rings (SSSR count). The van der Waals surface area contributed by atoms with Gasteiger partial charge in [-0.05, 0) is 36.6 Å². The molecule has 2 aromatic carbocycles. The molecule has 31 heavy (non-hydrogen) atoms. The first-order chi connectivity index (χ1) is 14.8. The third-order valence-corrected chi connectivity index (χ3v) is 6.31. The quantitative estimate of drug-likeness (QED) is 0.377. The minimum Gasteiger partial charge on any atom is -0.388 e. The Bertz CT molecular complexity index is 1000. The number of thioether (sulfide) groups is 1. The van der Waals surface area contributed by atoms with Crippen LogP contribution in [0.1, 0.15) is 30.4 Å². The van der Waals surface area contributed by atoms with Gasteiger partial charge < -0.3 is 5.73 Å². The number of nitrogens with two attached hydrogens (primary N) is 1. The summed E-state index contributed by atoms with van der Waals surface area (Å²) in [6, 6.07) is 11.7. The molecule has 3 N–H and O–H groups in total. The fourth-order valence-corrected chi connectivity index (χ4v) is 4.69. The molecule has 1 heterocycles. The minimum atomic E-state index is -1.06. The Hall–Kier alpha value is -2.98. The number of hydrogen-bond acceptors (Lipinski definition) is 5. The number of nitrogens with zero attached hydrogens (tertiary/aromatic N) is 3. The van der Waals surface area contributed by atoms with Crippen molar-refractivity contribution >= 4 is 28.7 Å². The molecule has 1 aliphatic rings. The monoisotopic (exact) mass is 447 g/mol. The molecule has 0 saturated carbocycles. The van der Waals surface area contributed by atoms with Gasteiger partial charge in [-0.1, -0.05) is 42.1 Å². The van der Waals surface area contributed by atoms with Crippen molar-refractivity contribution in [1.82, 2.24) is 10.1 Å². The van der Waals surface area contributed by atoms with Gasteiger partial charge in [-0.15, -0.1) is 0 Å². The molecule has 0 saturated heterocycles. The zero-order chi connectivity index (χ0) is 22.6. The van der Waals surface area contributed by atoms with Crippen molar-refractivity contribution < 1.29 is 18.4 Å². The highest BCUT2D eigenvalue weighted by Gasteiger charge is 2.49. The molecule has 0 radical (unpaired) electrons. The van der Waals surface area contributed by atoms with E-state index in [2.05, 4.69) is 5.10 Å². The summed E-state index contributed by atoms with van der Waals surface area (Å²) in [7, 11) is 2.78. The highest BCUT2D eigenvalue weighted by atomic mass is 32.2. The van der Waals surface area contributed by atoms with Crippen LogP contribution in [0.4, 0.5) is 13.6 Å². The number of hydrazone groups is 1. The van der Waals surface area contributed by atoms with Gasteiger partial charge >= 0.3 is 6.03 Å². The second-order valence-electron chi connectivity index (χ2n) is 6.94. The van der Waals surface area contributed by atoms with E-state index in [0.717, 1.165) is 40.6 Å². The number of benzene rings is 2. The smallest absolute Gasteiger partial charge is 0.365 e. The Morgan fingerprint density at radius 2 is 2.00 bits per heavy atom. The lowest BCUT2D eigenvalue weighted by atomic mass is 9.99. The Kier molecular flexibility index (Phi) is 6.91. The third-order valence-electron chi connectivity index (χ3n) is 4.87. The Balaban J connectivity index is 2.13. The van der Waals surface area contributed by atoms with Crippen molar-refractivity contribution in [3.63, 3.8) is 0 Å². The van der Waals surface area contributed by atoms with Gasteiger partial charge in [0.05, 0.1) is 12.9 Å². The van der Waals surface area contributed by atoms with Crippen LogP contribution in [0.5, 0.6) is 0 Å². The highest BCUT2D eigenvalue weighted by molar-refractivity contribution is 8.15. The number of rotatable bonds is 7. The molecule has 1 aliphatic heterocycles. The van der Waals surface area contributed by atoms with Crippen molar-refractivity contribution in [2.45, 2.75) is 24.1 Å². The maximum Gasteiger partial charge on any atom is 0.365 e. The number of halogens is 2. The Morgan fingerprint density at radius 1 is 1.29 bits per heavy atom. The number of carbonyl (C=O) groups excluding carboxylic acids is 1. The van der Waals surface area contributed by atoms with Gasteiger partial charge in [-0.2, -0.15) is 10.1 Å². The predicted molar refractivity (Wildman–Crippen MR) is 116 cm³/mol. The normalized spacial score (nSPS) is 18.1. The molecule has 1 atom stereocenters. The van der Waals surface area contributed by atoms with Crippen LogP contribution < -0.4 is 5.73 Å². The molecule has 164 valence electrons. The summed E-state index contributed by atoms with van der Waals surface area (Å²) in [5.74, 6) is -1.23. The maximum absolute atomic E-state index is 14.5. The van der Waals surface area contributed by atoms with Gasteiger partial charge in [-0.3, -0.25) is 10.2 Å². The van der Waals surface area contributed by atoms with Crippen LogP contribution in [-0.2, 0) is 9.71 Å². The van der Waals surface area contributed by atoms with Crippen LogP contribution in [0.3, 0.4) is 0 Å². The average molecular weight is 448 g/mol. The van der Waals surface area contributed by atoms with E-state index in [4.69, 9.17) is 16.0 Å². The maximum atomic E-state index is 14.5. The van der Waals surface area contributed by atoms with Gasteiger partial charge in [0.15, 0.2) is 0 Å². The van der Waals surface area contributed by atoms with E-state index < -0.39 is 22.5 Å². The number of carbonyl (C=O) groups is 1. The van der Waals surface area contributed by atoms with Crippen molar-refractivity contribution in [3.8, 4) is 0 Å². The van der Waals surface area contributed by atoms with Crippen molar-refractivity contribution in [2.24, 2.45) is 10.8 Å². The summed E-state index contributed by atoms with van der Waals surface area (Å²) in [4.78, 5) is 17.2. The van der Waals surface area contributed by atoms with Gasteiger partial charge in [-0.25, -0.2) is 18.6 Å². The standard InChI is InChI=1S/C21H23F2N5O2S/c1-27(30-2)20(29)28-21(12-6-9-18(24)25,14-7-4-3-5-8-14)31-19(26-28)16-13-15(22)10-11-17(16)23/h3-5,7-8,10-11,13H,6,9,12H2,1-2H3,(H3,24,25). The molecule has 0 aliphatic carbocycles.